The van der Waals surface area contributed by atoms with Gasteiger partial charge in [-0.2, -0.15) is 5.26 Å². The average molecular weight is 268 g/mol. The number of nitrogens with one attached hydrogen (secondary N) is 1. The number of nitriles is 1. The summed E-state index contributed by atoms with van der Waals surface area (Å²) in [4.78, 5) is 12.0. The van der Waals surface area contributed by atoms with Gasteiger partial charge < -0.3 is 5.32 Å². The van der Waals surface area contributed by atoms with Crippen molar-refractivity contribution < 1.29 is 9.18 Å². The Labute approximate surface area is 116 Å². The van der Waals surface area contributed by atoms with Crippen molar-refractivity contribution in [1.29, 1.82) is 5.26 Å². The number of amides is 1. The minimum atomic E-state index is -0.431. The molecule has 2 rings (SSSR count). The number of nitrogens with zero attached hydrogens (tertiary/aromatic N) is 1. The smallest absolute Gasteiger partial charge is 0.251 e. The van der Waals surface area contributed by atoms with Gasteiger partial charge in [0.1, 0.15) is 5.82 Å². The fraction of sp³-hybridized carbons (Fsp3) is 0.125. The van der Waals surface area contributed by atoms with E-state index in [1.165, 1.54) is 6.07 Å². The van der Waals surface area contributed by atoms with E-state index < -0.39 is 6.04 Å². The Morgan fingerprint density at radius 2 is 1.85 bits per heavy atom. The summed E-state index contributed by atoms with van der Waals surface area (Å²) in [6, 6.07) is 14.2. The maximum absolute atomic E-state index is 13.6. The van der Waals surface area contributed by atoms with Gasteiger partial charge in [-0.3, -0.25) is 4.79 Å². The Kier molecular flexibility index (Phi) is 4.11. The van der Waals surface area contributed by atoms with Crippen LogP contribution in [0.1, 0.15) is 34.5 Å². The van der Waals surface area contributed by atoms with Gasteiger partial charge in [0.05, 0.1) is 17.7 Å². The van der Waals surface area contributed by atoms with E-state index in [0.29, 0.717) is 16.7 Å². The molecule has 0 aliphatic rings. The molecule has 0 unspecified atom stereocenters. The molecule has 1 N–H and O–H groups in total. The largest absolute Gasteiger partial charge is 0.345 e. The van der Waals surface area contributed by atoms with Crippen LogP contribution >= 0.6 is 0 Å². The third-order valence-corrected chi connectivity index (χ3v) is 3.00. The summed E-state index contributed by atoms with van der Waals surface area (Å²) in [5, 5.41) is 11.4. The quantitative estimate of drug-likeness (QED) is 0.929. The molecular formula is C16H13FN2O. The van der Waals surface area contributed by atoms with E-state index in [9.17, 15) is 9.18 Å². The maximum Gasteiger partial charge on any atom is 0.251 e. The maximum atomic E-state index is 13.6. The Balaban J connectivity index is 2.11. The van der Waals surface area contributed by atoms with Gasteiger partial charge >= 0.3 is 0 Å². The number of hydrogen-bond acceptors (Lipinski definition) is 2. The fourth-order valence-corrected chi connectivity index (χ4v) is 1.88. The first-order valence-corrected chi connectivity index (χ1v) is 6.17. The molecule has 3 nitrogen and oxygen atoms in total. The molecule has 0 radical (unpaired) electrons. The topological polar surface area (TPSA) is 52.9 Å². The van der Waals surface area contributed by atoms with Gasteiger partial charge in [-0.15, -0.1) is 0 Å². The van der Waals surface area contributed by atoms with Crippen LogP contribution in [-0.4, -0.2) is 5.91 Å². The van der Waals surface area contributed by atoms with Gasteiger partial charge in [-0.1, -0.05) is 18.2 Å². The van der Waals surface area contributed by atoms with Crippen molar-refractivity contribution in [3.8, 4) is 6.07 Å². The van der Waals surface area contributed by atoms with Gasteiger partial charge in [0.25, 0.3) is 5.91 Å². The van der Waals surface area contributed by atoms with Crippen molar-refractivity contribution in [1.82, 2.24) is 5.32 Å². The lowest BCUT2D eigenvalue weighted by Gasteiger charge is -2.15. The lowest BCUT2D eigenvalue weighted by atomic mass is 10.1. The standard InChI is InChI=1S/C16H13FN2O/c1-11(14-4-2-3-5-15(14)17)19-16(20)13-8-6-12(10-18)7-9-13/h2-9,11H,1H3,(H,19,20)/t11-/m1/s1. The van der Waals surface area contributed by atoms with E-state index in [1.807, 2.05) is 6.07 Å². The molecule has 2 aromatic carbocycles. The highest BCUT2D eigenvalue weighted by Gasteiger charge is 2.14. The number of hydrogen-bond donors (Lipinski definition) is 1. The zero-order chi connectivity index (χ0) is 14.5. The van der Waals surface area contributed by atoms with Crippen LogP contribution in [-0.2, 0) is 0 Å². The highest BCUT2D eigenvalue weighted by atomic mass is 19.1. The van der Waals surface area contributed by atoms with Crippen LogP contribution in [0.3, 0.4) is 0 Å². The molecule has 0 fully saturated rings. The second-order valence-electron chi connectivity index (χ2n) is 4.41. The predicted octanol–water partition coefficient (Wildman–Crippen LogP) is 3.19. The van der Waals surface area contributed by atoms with Gasteiger partial charge in [-0.05, 0) is 37.3 Å². The molecule has 0 saturated carbocycles. The summed E-state index contributed by atoms with van der Waals surface area (Å²) >= 11 is 0. The van der Waals surface area contributed by atoms with E-state index in [1.54, 1.807) is 49.4 Å². The summed E-state index contributed by atoms with van der Waals surface area (Å²) in [7, 11) is 0. The number of halogens is 1. The molecule has 0 spiro atoms. The van der Waals surface area contributed by atoms with Crippen LogP contribution < -0.4 is 5.32 Å². The molecule has 4 heteroatoms. The van der Waals surface area contributed by atoms with Crippen LogP contribution in [0.4, 0.5) is 4.39 Å². The normalized spacial score (nSPS) is 11.4. The lowest BCUT2D eigenvalue weighted by Crippen LogP contribution is -2.27. The Morgan fingerprint density at radius 1 is 1.20 bits per heavy atom. The number of carbonyl (C=O) groups is 1. The summed E-state index contributed by atoms with van der Waals surface area (Å²) in [6.07, 6.45) is 0. The van der Waals surface area contributed by atoms with Gasteiger partial charge in [0.2, 0.25) is 0 Å². The molecular weight excluding hydrogens is 255 g/mol. The Bertz CT molecular complexity index is 659. The van der Waals surface area contributed by atoms with Gasteiger partial charge in [0, 0.05) is 11.1 Å². The second-order valence-corrected chi connectivity index (χ2v) is 4.41. The van der Waals surface area contributed by atoms with Crippen molar-refractivity contribution in [2.75, 3.05) is 0 Å². The molecule has 0 heterocycles. The molecule has 1 amide bonds. The van der Waals surface area contributed by atoms with Crippen LogP contribution in [0.25, 0.3) is 0 Å². The van der Waals surface area contributed by atoms with Gasteiger partial charge in [-0.25, -0.2) is 4.39 Å². The van der Waals surface area contributed by atoms with Crippen molar-refractivity contribution in [2.24, 2.45) is 0 Å². The highest BCUT2D eigenvalue weighted by molar-refractivity contribution is 5.94. The molecule has 0 aliphatic heterocycles. The number of carbonyl (C=O) groups excluding carboxylic acids is 1. The fourth-order valence-electron chi connectivity index (χ4n) is 1.88. The molecule has 0 bridgehead atoms. The predicted molar refractivity (Wildman–Crippen MR) is 73.4 cm³/mol. The van der Waals surface area contributed by atoms with Crippen molar-refractivity contribution in [3.63, 3.8) is 0 Å². The summed E-state index contributed by atoms with van der Waals surface area (Å²) in [5.74, 6) is -0.648. The SMILES string of the molecule is C[C@@H](NC(=O)c1ccc(C#N)cc1)c1ccccc1F. The van der Waals surface area contributed by atoms with E-state index in [0.717, 1.165) is 0 Å². The van der Waals surface area contributed by atoms with E-state index in [-0.39, 0.29) is 11.7 Å². The first-order valence-electron chi connectivity index (χ1n) is 6.17. The van der Waals surface area contributed by atoms with Gasteiger partial charge in [0.15, 0.2) is 0 Å². The summed E-state index contributed by atoms with van der Waals surface area (Å²) in [6.45, 7) is 1.72. The van der Waals surface area contributed by atoms with Crippen molar-refractivity contribution >= 4 is 5.91 Å². The lowest BCUT2D eigenvalue weighted by molar-refractivity contribution is 0.0939. The minimum Gasteiger partial charge on any atom is -0.345 e. The third-order valence-electron chi connectivity index (χ3n) is 3.00. The third kappa shape index (κ3) is 3.01. The molecule has 20 heavy (non-hydrogen) atoms. The van der Waals surface area contributed by atoms with Crippen LogP contribution in [0.2, 0.25) is 0 Å². The number of benzene rings is 2. The van der Waals surface area contributed by atoms with Crippen LogP contribution in [0.15, 0.2) is 48.5 Å². The zero-order valence-corrected chi connectivity index (χ0v) is 10.9. The van der Waals surface area contributed by atoms with Crippen LogP contribution in [0, 0.1) is 17.1 Å². The molecule has 0 aromatic heterocycles. The van der Waals surface area contributed by atoms with E-state index in [4.69, 9.17) is 5.26 Å². The van der Waals surface area contributed by atoms with E-state index >= 15 is 0 Å². The molecule has 0 saturated heterocycles. The molecule has 2 aromatic rings. The Morgan fingerprint density at radius 3 is 2.45 bits per heavy atom. The monoisotopic (exact) mass is 268 g/mol. The van der Waals surface area contributed by atoms with E-state index in [2.05, 4.69) is 5.32 Å². The number of rotatable bonds is 3. The average Bonchev–Trinajstić information content (AvgIpc) is 2.47. The van der Waals surface area contributed by atoms with Crippen molar-refractivity contribution in [3.05, 3.63) is 71.0 Å². The molecule has 100 valence electrons. The first kappa shape index (κ1) is 13.8. The summed E-state index contributed by atoms with van der Waals surface area (Å²) < 4.78 is 13.6. The van der Waals surface area contributed by atoms with Crippen LogP contribution in [0.5, 0.6) is 0 Å². The molecule has 1 atom stereocenters. The molecule has 0 aliphatic carbocycles. The highest BCUT2D eigenvalue weighted by Crippen LogP contribution is 2.16. The van der Waals surface area contributed by atoms with Crippen molar-refractivity contribution in [2.45, 2.75) is 13.0 Å². The second kappa shape index (κ2) is 5.98. The zero-order valence-electron chi connectivity index (χ0n) is 10.9. The first-order chi connectivity index (χ1) is 9.61. The Hall–Kier alpha value is -2.67. The minimum absolute atomic E-state index is 0.301. The summed E-state index contributed by atoms with van der Waals surface area (Å²) in [5.41, 5.74) is 1.37.